The quantitative estimate of drug-likeness (QED) is 0.774. The molecule has 3 aromatic rings. The summed E-state index contributed by atoms with van der Waals surface area (Å²) in [5, 5.41) is 15.4. The first-order valence-electron chi connectivity index (χ1n) is 6.42. The van der Waals surface area contributed by atoms with Crippen LogP contribution in [0.4, 0.5) is 5.82 Å². The van der Waals surface area contributed by atoms with E-state index in [0.717, 1.165) is 22.0 Å². The number of hydrogen-bond acceptors (Lipinski definition) is 3. The van der Waals surface area contributed by atoms with Crippen LogP contribution in [0.1, 0.15) is 0 Å². The van der Waals surface area contributed by atoms with Gasteiger partial charge in [-0.15, -0.1) is 0 Å². The number of nitrogen functional groups attached to an aromatic ring is 1. The van der Waals surface area contributed by atoms with Crippen LogP contribution in [0, 0.1) is 0 Å². The lowest BCUT2D eigenvalue weighted by Crippen LogP contribution is -2.04. The van der Waals surface area contributed by atoms with E-state index < -0.39 is 0 Å². The summed E-state index contributed by atoms with van der Waals surface area (Å²) in [6.45, 7) is 0.396. The molecule has 4 nitrogen and oxygen atoms in total. The van der Waals surface area contributed by atoms with Gasteiger partial charge in [-0.1, -0.05) is 35.3 Å². The van der Waals surface area contributed by atoms with E-state index in [1.807, 2.05) is 24.3 Å². The van der Waals surface area contributed by atoms with E-state index in [4.69, 9.17) is 34.0 Å². The molecule has 0 atom stereocenters. The Morgan fingerprint density at radius 1 is 1.14 bits per heavy atom. The van der Waals surface area contributed by atoms with Gasteiger partial charge in [0.2, 0.25) is 0 Å². The highest BCUT2D eigenvalue weighted by molar-refractivity contribution is 6.36. The van der Waals surface area contributed by atoms with Crippen molar-refractivity contribution in [2.24, 2.45) is 0 Å². The Morgan fingerprint density at radius 2 is 1.95 bits per heavy atom. The third-order valence-electron chi connectivity index (χ3n) is 3.33. The number of hydrogen-bond donors (Lipinski definition) is 2. The normalized spacial score (nSPS) is 11.2. The molecule has 2 aromatic carbocycles. The summed E-state index contributed by atoms with van der Waals surface area (Å²) < 4.78 is 1.69. The molecule has 0 aliphatic carbocycles. The van der Waals surface area contributed by atoms with Crippen LogP contribution in [0.2, 0.25) is 10.0 Å². The molecule has 0 aliphatic heterocycles. The van der Waals surface area contributed by atoms with Gasteiger partial charge in [-0.3, -0.25) is 4.68 Å². The van der Waals surface area contributed by atoms with Crippen molar-refractivity contribution >= 4 is 39.9 Å². The molecule has 21 heavy (non-hydrogen) atoms. The summed E-state index contributed by atoms with van der Waals surface area (Å²) >= 11 is 12.2. The lowest BCUT2D eigenvalue weighted by atomic mass is 10.0. The van der Waals surface area contributed by atoms with Gasteiger partial charge < -0.3 is 10.8 Å². The second-order valence-electron chi connectivity index (χ2n) is 4.69. The first kappa shape index (κ1) is 14.2. The van der Waals surface area contributed by atoms with Crippen molar-refractivity contribution < 1.29 is 5.11 Å². The summed E-state index contributed by atoms with van der Waals surface area (Å²) in [5.41, 5.74) is 8.59. The van der Waals surface area contributed by atoms with Crippen molar-refractivity contribution in [1.82, 2.24) is 9.78 Å². The molecule has 0 bridgehead atoms. The second kappa shape index (κ2) is 5.56. The topological polar surface area (TPSA) is 64.1 Å². The Hall–Kier alpha value is -1.75. The first-order chi connectivity index (χ1) is 10.1. The minimum atomic E-state index is 0.00213. The van der Waals surface area contributed by atoms with Gasteiger partial charge in [-0.05, 0) is 29.8 Å². The minimum Gasteiger partial charge on any atom is -0.394 e. The number of nitrogens with two attached hydrogens (primary N) is 1. The van der Waals surface area contributed by atoms with Crippen molar-refractivity contribution in [3.63, 3.8) is 0 Å². The summed E-state index contributed by atoms with van der Waals surface area (Å²) in [7, 11) is 0. The maximum absolute atomic E-state index is 9.11. The maximum atomic E-state index is 9.11. The summed E-state index contributed by atoms with van der Waals surface area (Å²) in [5.74, 6) is 0.451. The Kier molecular flexibility index (Phi) is 3.76. The zero-order valence-corrected chi connectivity index (χ0v) is 12.6. The van der Waals surface area contributed by atoms with E-state index in [1.165, 1.54) is 0 Å². The predicted octanol–water partition coefficient (Wildman–Crippen LogP) is 3.58. The number of aromatic nitrogens is 2. The number of rotatable bonds is 3. The van der Waals surface area contributed by atoms with Gasteiger partial charge in [0.05, 0.1) is 18.7 Å². The zero-order valence-electron chi connectivity index (χ0n) is 11.1. The fourth-order valence-electron chi connectivity index (χ4n) is 2.36. The van der Waals surface area contributed by atoms with Crippen molar-refractivity contribution in [1.29, 1.82) is 0 Å². The fourth-order valence-corrected chi connectivity index (χ4v) is 2.87. The lowest BCUT2D eigenvalue weighted by Gasteiger charge is -2.07. The van der Waals surface area contributed by atoms with Crippen molar-refractivity contribution in [3.8, 4) is 11.1 Å². The molecule has 0 aliphatic rings. The van der Waals surface area contributed by atoms with Crippen LogP contribution in [0.15, 0.2) is 36.4 Å². The molecule has 0 saturated heterocycles. The van der Waals surface area contributed by atoms with Gasteiger partial charge in [-0.2, -0.15) is 5.10 Å². The van der Waals surface area contributed by atoms with Gasteiger partial charge >= 0.3 is 0 Å². The lowest BCUT2D eigenvalue weighted by molar-refractivity contribution is 0.272. The zero-order chi connectivity index (χ0) is 15.0. The van der Waals surface area contributed by atoms with E-state index in [2.05, 4.69) is 5.10 Å². The number of benzene rings is 2. The van der Waals surface area contributed by atoms with Crippen LogP contribution in [0.5, 0.6) is 0 Å². The van der Waals surface area contributed by atoms with Crippen LogP contribution < -0.4 is 5.73 Å². The van der Waals surface area contributed by atoms with Gasteiger partial charge in [0.25, 0.3) is 0 Å². The SMILES string of the molecule is Nc1nn(CCO)c2cc(-c3ccc(Cl)cc3Cl)ccc12. The third-order valence-corrected chi connectivity index (χ3v) is 3.88. The maximum Gasteiger partial charge on any atom is 0.153 e. The largest absolute Gasteiger partial charge is 0.394 e. The minimum absolute atomic E-state index is 0.00213. The Balaban J connectivity index is 2.18. The number of aliphatic hydroxyl groups is 1. The van der Waals surface area contributed by atoms with E-state index in [9.17, 15) is 0 Å². The third kappa shape index (κ3) is 2.58. The summed E-state index contributed by atoms with van der Waals surface area (Å²) in [4.78, 5) is 0. The Labute approximate surface area is 131 Å². The van der Waals surface area contributed by atoms with Crippen molar-refractivity contribution in [2.45, 2.75) is 6.54 Å². The highest BCUT2D eigenvalue weighted by Gasteiger charge is 2.11. The van der Waals surface area contributed by atoms with Crippen molar-refractivity contribution in [2.75, 3.05) is 12.3 Å². The molecule has 1 heterocycles. The monoisotopic (exact) mass is 321 g/mol. The molecule has 0 unspecified atom stereocenters. The van der Waals surface area contributed by atoms with E-state index in [0.29, 0.717) is 22.4 Å². The molecule has 0 saturated carbocycles. The molecular formula is C15H13Cl2N3O. The molecule has 3 N–H and O–H groups in total. The molecule has 6 heteroatoms. The van der Waals surface area contributed by atoms with Gasteiger partial charge in [0.1, 0.15) is 0 Å². The van der Waals surface area contributed by atoms with Crippen LogP contribution in [-0.2, 0) is 6.54 Å². The Bertz CT molecular complexity index is 814. The number of anilines is 1. The average Bonchev–Trinajstić information content (AvgIpc) is 2.75. The average molecular weight is 322 g/mol. The fraction of sp³-hybridized carbons (Fsp3) is 0.133. The van der Waals surface area contributed by atoms with Crippen molar-refractivity contribution in [3.05, 3.63) is 46.4 Å². The molecule has 0 amide bonds. The summed E-state index contributed by atoms with van der Waals surface area (Å²) in [6.07, 6.45) is 0. The molecule has 1 aromatic heterocycles. The van der Waals surface area contributed by atoms with E-state index in [1.54, 1.807) is 16.8 Å². The molecular weight excluding hydrogens is 309 g/mol. The summed E-state index contributed by atoms with van der Waals surface area (Å²) in [6, 6.07) is 11.2. The van der Waals surface area contributed by atoms with Crippen LogP contribution >= 0.6 is 23.2 Å². The van der Waals surface area contributed by atoms with E-state index in [-0.39, 0.29) is 6.61 Å². The van der Waals surface area contributed by atoms with Crippen LogP contribution in [-0.4, -0.2) is 21.5 Å². The van der Waals surface area contributed by atoms with Crippen LogP contribution in [0.25, 0.3) is 22.0 Å². The number of fused-ring (bicyclic) bond motifs is 1. The molecule has 108 valence electrons. The molecule has 0 spiro atoms. The van der Waals surface area contributed by atoms with Gasteiger partial charge in [0, 0.05) is 21.0 Å². The molecule has 0 fully saturated rings. The number of halogens is 2. The standard InChI is InChI=1S/C15H13Cl2N3O/c16-10-2-4-11(13(17)8-10)9-1-3-12-14(7-9)20(5-6-21)19-15(12)18/h1-4,7-8,21H,5-6H2,(H2,18,19). The van der Waals surface area contributed by atoms with Gasteiger partial charge in [-0.25, -0.2) is 0 Å². The Morgan fingerprint density at radius 3 is 2.67 bits per heavy atom. The molecule has 3 rings (SSSR count). The number of aliphatic hydroxyl groups excluding tert-OH is 1. The highest BCUT2D eigenvalue weighted by atomic mass is 35.5. The highest BCUT2D eigenvalue weighted by Crippen LogP contribution is 2.33. The second-order valence-corrected chi connectivity index (χ2v) is 5.53. The predicted molar refractivity (Wildman–Crippen MR) is 86.7 cm³/mol. The number of nitrogens with zero attached hydrogens (tertiary/aromatic N) is 2. The first-order valence-corrected chi connectivity index (χ1v) is 7.18. The van der Waals surface area contributed by atoms with Crippen LogP contribution in [0.3, 0.4) is 0 Å². The molecule has 0 radical (unpaired) electrons. The smallest absolute Gasteiger partial charge is 0.153 e. The van der Waals surface area contributed by atoms with Gasteiger partial charge in [0.15, 0.2) is 5.82 Å². The van der Waals surface area contributed by atoms with E-state index >= 15 is 0 Å².